The first-order valence-electron chi connectivity index (χ1n) is 8.50. The van der Waals surface area contributed by atoms with Crippen LogP contribution in [0.2, 0.25) is 0 Å². The number of carboxylic acid groups (broad SMARTS) is 1. The van der Waals surface area contributed by atoms with Gasteiger partial charge in [0.25, 0.3) is 5.91 Å². The van der Waals surface area contributed by atoms with Gasteiger partial charge >= 0.3 is 5.97 Å². The van der Waals surface area contributed by atoms with Crippen molar-refractivity contribution in [1.29, 1.82) is 0 Å². The molecule has 3 rings (SSSR count). The van der Waals surface area contributed by atoms with Gasteiger partial charge in [-0.2, -0.15) is 0 Å². The molecule has 0 aliphatic carbocycles. The lowest BCUT2D eigenvalue weighted by molar-refractivity contribution is -0.141. The molecule has 1 aromatic carbocycles. The van der Waals surface area contributed by atoms with Gasteiger partial charge in [0, 0.05) is 18.7 Å². The Morgan fingerprint density at radius 1 is 1.00 bits per heavy atom. The van der Waals surface area contributed by atoms with Crippen LogP contribution in [0, 0.1) is 0 Å². The lowest BCUT2D eigenvalue weighted by atomic mass is 10.1. The molecule has 2 fully saturated rings. The number of amides is 1. The number of hydrogen-bond donors (Lipinski definition) is 1. The lowest BCUT2D eigenvalue weighted by Gasteiger charge is -2.26. The van der Waals surface area contributed by atoms with Crippen LogP contribution in [-0.4, -0.2) is 52.5 Å². The molecule has 124 valence electrons. The van der Waals surface area contributed by atoms with Crippen LogP contribution in [0.4, 0.5) is 0 Å². The zero-order valence-corrected chi connectivity index (χ0v) is 13.4. The largest absolute Gasteiger partial charge is 0.480 e. The maximum Gasteiger partial charge on any atom is 0.326 e. The lowest BCUT2D eigenvalue weighted by Crippen LogP contribution is -2.40. The maximum atomic E-state index is 12.5. The highest BCUT2D eigenvalue weighted by Crippen LogP contribution is 2.21. The fourth-order valence-electron chi connectivity index (χ4n) is 3.56. The van der Waals surface area contributed by atoms with Gasteiger partial charge in [-0.25, -0.2) is 4.79 Å². The number of rotatable bonds is 4. The molecule has 2 saturated heterocycles. The van der Waals surface area contributed by atoms with E-state index in [-0.39, 0.29) is 5.91 Å². The summed E-state index contributed by atoms with van der Waals surface area (Å²) >= 11 is 0. The van der Waals surface area contributed by atoms with Crippen LogP contribution in [0.3, 0.4) is 0 Å². The molecule has 0 aromatic heterocycles. The van der Waals surface area contributed by atoms with E-state index in [1.54, 1.807) is 0 Å². The molecule has 1 aromatic rings. The summed E-state index contributed by atoms with van der Waals surface area (Å²) in [6, 6.07) is 6.98. The molecular formula is C18H24N2O3. The van der Waals surface area contributed by atoms with E-state index in [4.69, 9.17) is 0 Å². The Labute approximate surface area is 136 Å². The number of hydrogen-bond acceptors (Lipinski definition) is 3. The number of carbonyl (C=O) groups is 2. The average molecular weight is 316 g/mol. The van der Waals surface area contributed by atoms with E-state index in [2.05, 4.69) is 4.90 Å². The Bertz CT molecular complexity index is 564. The van der Waals surface area contributed by atoms with Gasteiger partial charge in [0.05, 0.1) is 0 Å². The van der Waals surface area contributed by atoms with Crippen LogP contribution in [0.25, 0.3) is 0 Å². The molecule has 0 saturated carbocycles. The van der Waals surface area contributed by atoms with Gasteiger partial charge in [0.15, 0.2) is 0 Å². The SMILES string of the molecule is O=C(O)C1CCCN1C(=O)c1ccc(CN2CCCCC2)cc1. The number of carbonyl (C=O) groups excluding carboxylic acids is 1. The van der Waals surface area contributed by atoms with Gasteiger partial charge < -0.3 is 10.0 Å². The van der Waals surface area contributed by atoms with Crippen molar-refractivity contribution in [3.63, 3.8) is 0 Å². The molecule has 5 nitrogen and oxygen atoms in total. The van der Waals surface area contributed by atoms with Crippen LogP contribution < -0.4 is 0 Å². The summed E-state index contributed by atoms with van der Waals surface area (Å²) in [5.41, 5.74) is 1.79. The summed E-state index contributed by atoms with van der Waals surface area (Å²) in [6.45, 7) is 3.75. The van der Waals surface area contributed by atoms with Crippen molar-refractivity contribution < 1.29 is 14.7 Å². The number of benzene rings is 1. The number of aliphatic carboxylic acids is 1. The summed E-state index contributed by atoms with van der Waals surface area (Å²) in [4.78, 5) is 27.7. The minimum absolute atomic E-state index is 0.167. The fraction of sp³-hybridized carbons (Fsp3) is 0.556. The fourth-order valence-corrected chi connectivity index (χ4v) is 3.56. The first-order chi connectivity index (χ1) is 11.1. The van der Waals surface area contributed by atoms with Crippen LogP contribution >= 0.6 is 0 Å². The van der Waals surface area contributed by atoms with Crippen molar-refractivity contribution in [1.82, 2.24) is 9.80 Å². The first kappa shape index (κ1) is 16.0. The van der Waals surface area contributed by atoms with Crippen molar-refractivity contribution in [2.24, 2.45) is 0 Å². The van der Waals surface area contributed by atoms with Crippen molar-refractivity contribution in [2.45, 2.75) is 44.7 Å². The second-order valence-corrected chi connectivity index (χ2v) is 6.53. The van der Waals surface area contributed by atoms with Crippen molar-refractivity contribution in [2.75, 3.05) is 19.6 Å². The molecule has 2 heterocycles. The maximum absolute atomic E-state index is 12.5. The second-order valence-electron chi connectivity index (χ2n) is 6.53. The number of nitrogens with zero attached hydrogens (tertiary/aromatic N) is 2. The molecule has 2 aliphatic rings. The molecule has 1 amide bonds. The molecule has 1 N–H and O–H groups in total. The molecule has 0 bridgehead atoms. The van der Waals surface area contributed by atoms with Gasteiger partial charge in [-0.3, -0.25) is 9.69 Å². The number of carboxylic acids is 1. The molecule has 1 unspecified atom stereocenters. The highest BCUT2D eigenvalue weighted by Gasteiger charge is 2.34. The molecule has 1 atom stereocenters. The van der Waals surface area contributed by atoms with Gasteiger partial charge in [0.2, 0.25) is 0 Å². The van der Waals surface area contributed by atoms with Crippen LogP contribution in [-0.2, 0) is 11.3 Å². The minimum Gasteiger partial charge on any atom is -0.480 e. The predicted octanol–water partition coefficient (Wildman–Crippen LogP) is 2.36. The number of likely N-dealkylation sites (tertiary alicyclic amines) is 2. The van der Waals surface area contributed by atoms with Crippen molar-refractivity contribution in [3.8, 4) is 0 Å². The van der Waals surface area contributed by atoms with E-state index >= 15 is 0 Å². The summed E-state index contributed by atoms with van der Waals surface area (Å²) in [6.07, 6.45) is 5.17. The van der Waals surface area contributed by atoms with E-state index in [0.717, 1.165) is 26.1 Å². The molecular weight excluding hydrogens is 292 g/mol. The Hall–Kier alpha value is -1.88. The third kappa shape index (κ3) is 3.72. The van der Waals surface area contributed by atoms with Crippen molar-refractivity contribution >= 4 is 11.9 Å². The molecule has 2 aliphatic heterocycles. The van der Waals surface area contributed by atoms with Gasteiger partial charge in [-0.05, 0) is 56.5 Å². The average Bonchev–Trinajstić information content (AvgIpc) is 3.06. The Morgan fingerprint density at radius 3 is 2.35 bits per heavy atom. The highest BCUT2D eigenvalue weighted by molar-refractivity contribution is 5.97. The summed E-state index contributed by atoms with van der Waals surface area (Å²) in [5, 5.41) is 9.21. The van der Waals surface area contributed by atoms with E-state index in [0.29, 0.717) is 18.5 Å². The topological polar surface area (TPSA) is 60.9 Å². The van der Waals surface area contributed by atoms with Crippen molar-refractivity contribution in [3.05, 3.63) is 35.4 Å². The van der Waals surface area contributed by atoms with E-state index in [9.17, 15) is 14.7 Å². The van der Waals surface area contributed by atoms with Crippen LogP contribution in [0.1, 0.15) is 48.0 Å². The molecule has 0 radical (unpaired) electrons. The third-order valence-electron chi connectivity index (χ3n) is 4.85. The normalized spacial score (nSPS) is 22.3. The van der Waals surface area contributed by atoms with E-state index < -0.39 is 12.0 Å². The van der Waals surface area contributed by atoms with Crippen LogP contribution in [0.5, 0.6) is 0 Å². The summed E-state index contributed by atoms with van der Waals surface area (Å²) < 4.78 is 0. The first-order valence-corrected chi connectivity index (χ1v) is 8.50. The molecule has 5 heteroatoms. The molecule has 23 heavy (non-hydrogen) atoms. The predicted molar refractivity (Wildman–Crippen MR) is 87.3 cm³/mol. The smallest absolute Gasteiger partial charge is 0.326 e. The van der Waals surface area contributed by atoms with Gasteiger partial charge in [0.1, 0.15) is 6.04 Å². The zero-order chi connectivity index (χ0) is 16.2. The monoisotopic (exact) mass is 316 g/mol. The Morgan fingerprint density at radius 2 is 1.70 bits per heavy atom. The third-order valence-corrected chi connectivity index (χ3v) is 4.85. The van der Waals surface area contributed by atoms with Crippen LogP contribution in [0.15, 0.2) is 24.3 Å². The molecule has 0 spiro atoms. The Kier molecular flexibility index (Phi) is 4.96. The summed E-state index contributed by atoms with van der Waals surface area (Å²) in [7, 11) is 0. The minimum atomic E-state index is -0.905. The van der Waals surface area contributed by atoms with E-state index in [1.807, 2.05) is 24.3 Å². The standard InChI is InChI=1S/C18H24N2O3/c21-17(20-12-4-5-16(20)18(22)23)15-8-6-14(7-9-15)13-19-10-2-1-3-11-19/h6-9,16H,1-5,10-13H2,(H,22,23). The summed E-state index contributed by atoms with van der Waals surface area (Å²) in [5.74, 6) is -1.07. The second kappa shape index (κ2) is 7.13. The van der Waals surface area contributed by atoms with Gasteiger partial charge in [-0.1, -0.05) is 18.6 Å². The van der Waals surface area contributed by atoms with E-state index in [1.165, 1.54) is 29.7 Å². The van der Waals surface area contributed by atoms with Gasteiger partial charge in [-0.15, -0.1) is 0 Å². The zero-order valence-electron chi connectivity index (χ0n) is 13.4. The Balaban J connectivity index is 1.64. The quantitative estimate of drug-likeness (QED) is 0.926. The number of piperidine rings is 1. The highest BCUT2D eigenvalue weighted by atomic mass is 16.4.